The predicted molar refractivity (Wildman–Crippen MR) is 73.8 cm³/mol. The fourth-order valence-electron chi connectivity index (χ4n) is 1.88. The van der Waals surface area contributed by atoms with E-state index in [2.05, 4.69) is 15.4 Å². The summed E-state index contributed by atoms with van der Waals surface area (Å²) in [5.41, 5.74) is 8.27. The summed E-state index contributed by atoms with van der Waals surface area (Å²) in [5.74, 6) is 0.539. The first-order valence-corrected chi connectivity index (χ1v) is 5.74. The van der Waals surface area contributed by atoms with Crippen LogP contribution in [0.5, 0.6) is 0 Å². The molecule has 0 radical (unpaired) electrons. The number of nitrogens with zero attached hydrogens (tertiary/aromatic N) is 4. The van der Waals surface area contributed by atoms with E-state index in [1.807, 2.05) is 43.1 Å². The molecule has 2 aromatic rings. The van der Waals surface area contributed by atoms with Gasteiger partial charge < -0.3 is 15.8 Å². The van der Waals surface area contributed by atoms with Gasteiger partial charge in [0.25, 0.3) is 0 Å². The van der Waals surface area contributed by atoms with Gasteiger partial charge in [-0.1, -0.05) is 23.4 Å². The maximum atomic E-state index is 8.82. The van der Waals surface area contributed by atoms with Gasteiger partial charge in [-0.15, -0.1) is 5.10 Å². The minimum Gasteiger partial charge on any atom is -0.409 e. The number of aromatic nitrogens is 2. The Kier molecular flexibility index (Phi) is 3.61. The molecule has 3 N–H and O–H groups in total. The highest BCUT2D eigenvalue weighted by molar-refractivity contribution is 6.01. The third-order valence-electron chi connectivity index (χ3n) is 2.88. The molecule has 1 heterocycles. The van der Waals surface area contributed by atoms with Gasteiger partial charge in [0.05, 0.1) is 11.8 Å². The lowest BCUT2D eigenvalue weighted by atomic mass is 10.1. The molecule has 1 aromatic heterocycles. The Balaban J connectivity index is 2.51. The summed E-state index contributed by atoms with van der Waals surface area (Å²) >= 11 is 0. The van der Waals surface area contributed by atoms with Crippen LogP contribution in [0.3, 0.4) is 0 Å². The summed E-state index contributed by atoms with van der Waals surface area (Å²) in [6.07, 6.45) is 1.50. The van der Waals surface area contributed by atoms with Crippen molar-refractivity contribution in [3.8, 4) is 0 Å². The molecule has 19 heavy (non-hydrogen) atoms. The van der Waals surface area contributed by atoms with Crippen molar-refractivity contribution in [2.24, 2.45) is 10.9 Å². The first kappa shape index (κ1) is 12.8. The standard InChI is InChI=1S/C13H15N5O/c1-9-5-3-4-6-11(9)18(2)13-10(12(14)17-19)7-8-15-16-13/h3-8,19H,1-2H3,(H2,14,17). The average Bonchev–Trinajstić information content (AvgIpc) is 2.46. The molecule has 0 aliphatic heterocycles. The fourth-order valence-corrected chi connectivity index (χ4v) is 1.88. The zero-order valence-corrected chi connectivity index (χ0v) is 10.8. The highest BCUT2D eigenvalue weighted by Gasteiger charge is 2.15. The number of oxime groups is 1. The second-order valence-electron chi connectivity index (χ2n) is 4.10. The van der Waals surface area contributed by atoms with Crippen LogP contribution in [0.25, 0.3) is 0 Å². The van der Waals surface area contributed by atoms with E-state index in [-0.39, 0.29) is 5.84 Å². The molecule has 6 nitrogen and oxygen atoms in total. The summed E-state index contributed by atoms with van der Waals surface area (Å²) in [4.78, 5) is 1.86. The Morgan fingerprint density at radius 2 is 2.05 bits per heavy atom. The first-order chi connectivity index (χ1) is 9.15. The molecule has 1 aromatic carbocycles. The molecular weight excluding hydrogens is 242 g/mol. The Morgan fingerprint density at radius 3 is 2.74 bits per heavy atom. The average molecular weight is 257 g/mol. The molecule has 98 valence electrons. The van der Waals surface area contributed by atoms with Crippen LogP contribution in [0.15, 0.2) is 41.7 Å². The summed E-state index contributed by atoms with van der Waals surface area (Å²) < 4.78 is 0. The van der Waals surface area contributed by atoms with E-state index < -0.39 is 0 Å². The third-order valence-corrected chi connectivity index (χ3v) is 2.88. The maximum absolute atomic E-state index is 8.82. The van der Waals surface area contributed by atoms with Crippen molar-refractivity contribution in [2.75, 3.05) is 11.9 Å². The number of nitrogens with two attached hydrogens (primary N) is 1. The second kappa shape index (κ2) is 5.34. The third kappa shape index (κ3) is 2.47. The van der Waals surface area contributed by atoms with Crippen LogP contribution in [-0.2, 0) is 0 Å². The lowest BCUT2D eigenvalue weighted by Crippen LogP contribution is -2.21. The Labute approximate surface area is 111 Å². The van der Waals surface area contributed by atoms with Crippen LogP contribution in [0.2, 0.25) is 0 Å². The molecule has 0 aliphatic rings. The largest absolute Gasteiger partial charge is 0.409 e. The summed E-state index contributed by atoms with van der Waals surface area (Å²) in [6.45, 7) is 2.01. The van der Waals surface area contributed by atoms with E-state index >= 15 is 0 Å². The number of amidine groups is 1. The van der Waals surface area contributed by atoms with Crippen molar-refractivity contribution < 1.29 is 5.21 Å². The van der Waals surface area contributed by atoms with Gasteiger partial charge in [0, 0.05) is 12.7 Å². The summed E-state index contributed by atoms with van der Waals surface area (Å²) in [7, 11) is 1.86. The topological polar surface area (TPSA) is 87.6 Å². The van der Waals surface area contributed by atoms with E-state index in [0.717, 1.165) is 11.3 Å². The highest BCUT2D eigenvalue weighted by Crippen LogP contribution is 2.26. The number of anilines is 2. The molecule has 0 amide bonds. The normalized spacial score (nSPS) is 11.4. The molecule has 0 atom stereocenters. The zero-order chi connectivity index (χ0) is 13.8. The van der Waals surface area contributed by atoms with Crippen molar-refractivity contribution in [1.82, 2.24) is 10.2 Å². The van der Waals surface area contributed by atoms with Crippen LogP contribution < -0.4 is 10.6 Å². The summed E-state index contributed by atoms with van der Waals surface area (Å²) in [6, 6.07) is 9.55. The number of rotatable bonds is 3. The lowest BCUT2D eigenvalue weighted by Gasteiger charge is -2.21. The smallest absolute Gasteiger partial charge is 0.173 e. The molecule has 2 rings (SSSR count). The number of hydrogen-bond donors (Lipinski definition) is 2. The highest BCUT2D eigenvalue weighted by atomic mass is 16.4. The molecule has 6 heteroatoms. The van der Waals surface area contributed by atoms with Gasteiger partial charge in [0.2, 0.25) is 0 Å². The number of aryl methyl sites for hydroxylation is 1. The Bertz CT molecular complexity index is 611. The van der Waals surface area contributed by atoms with Crippen LogP contribution in [0.4, 0.5) is 11.5 Å². The van der Waals surface area contributed by atoms with Gasteiger partial charge in [-0.2, -0.15) is 5.10 Å². The van der Waals surface area contributed by atoms with Gasteiger partial charge in [0.15, 0.2) is 11.7 Å². The molecule has 0 saturated carbocycles. The van der Waals surface area contributed by atoms with Crippen molar-refractivity contribution in [3.05, 3.63) is 47.7 Å². The van der Waals surface area contributed by atoms with E-state index in [9.17, 15) is 0 Å². The molecule has 0 spiro atoms. The van der Waals surface area contributed by atoms with Crippen LogP contribution in [-0.4, -0.2) is 28.3 Å². The van der Waals surface area contributed by atoms with E-state index in [4.69, 9.17) is 10.9 Å². The van der Waals surface area contributed by atoms with Crippen molar-refractivity contribution in [2.45, 2.75) is 6.92 Å². The molecule has 0 aliphatic carbocycles. The quantitative estimate of drug-likeness (QED) is 0.378. The molecule has 0 bridgehead atoms. The number of benzene rings is 1. The zero-order valence-electron chi connectivity index (χ0n) is 10.8. The molecule has 0 unspecified atom stereocenters. The Hall–Kier alpha value is -2.63. The van der Waals surface area contributed by atoms with Crippen molar-refractivity contribution in [3.63, 3.8) is 0 Å². The predicted octanol–water partition coefficient (Wildman–Crippen LogP) is 1.65. The van der Waals surface area contributed by atoms with Crippen LogP contribution >= 0.6 is 0 Å². The van der Waals surface area contributed by atoms with E-state index in [1.165, 1.54) is 6.20 Å². The first-order valence-electron chi connectivity index (χ1n) is 5.74. The molecule has 0 saturated heterocycles. The van der Waals surface area contributed by atoms with Crippen LogP contribution in [0.1, 0.15) is 11.1 Å². The second-order valence-corrected chi connectivity index (χ2v) is 4.10. The van der Waals surface area contributed by atoms with E-state index in [0.29, 0.717) is 11.4 Å². The van der Waals surface area contributed by atoms with Crippen molar-refractivity contribution >= 4 is 17.3 Å². The Morgan fingerprint density at radius 1 is 1.32 bits per heavy atom. The maximum Gasteiger partial charge on any atom is 0.173 e. The van der Waals surface area contributed by atoms with Gasteiger partial charge in [-0.3, -0.25) is 0 Å². The number of hydrogen-bond acceptors (Lipinski definition) is 5. The lowest BCUT2D eigenvalue weighted by molar-refractivity contribution is 0.318. The van der Waals surface area contributed by atoms with Gasteiger partial charge in [-0.05, 0) is 24.6 Å². The molecular formula is C13H15N5O. The SMILES string of the molecule is Cc1ccccc1N(C)c1nnccc1/C(N)=N/O. The van der Waals surface area contributed by atoms with Gasteiger partial charge in [0.1, 0.15) is 0 Å². The van der Waals surface area contributed by atoms with E-state index in [1.54, 1.807) is 6.07 Å². The minimum atomic E-state index is 0.00494. The minimum absolute atomic E-state index is 0.00494. The number of para-hydroxylation sites is 1. The van der Waals surface area contributed by atoms with Crippen LogP contribution in [0, 0.1) is 6.92 Å². The van der Waals surface area contributed by atoms with Gasteiger partial charge in [-0.25, -0.2) is 0 Å². The fraction of sp³-hybridized carbons (Fsp3) is 0.154. The van der Waals surface area contributed by atoms with Gasteiger partial charge >= 0.3 is 0 Å². The van der Waals surface area contributed by atoms with Crippen molar-refractivity contribution in [1.29, 1.82) is 0 Å². The monoisotopic (exact) mass is 257 g/mol. The summed E-state index contributed by atoms with van der Waals surface area (Å²) in [5, 5.41) is 19.8. The molecule has 0 fully saturated rings.